The minimum absolute atomic E-state index is 0.405. The van der Waals surface area contributed by atoms with Crippen molar-refractivity contribution in [2.75, 3.05) is 28.4 Å². The fourth-order valence-corrected chi connectivity index (χ4v) is 1.67. The van der Waals surface area contributed by atoms with Crippen molar-refractivity contribution in [2.45, 2.75) is 0 Å². The van der Waals surface area contributed by atoms with E-state index in [1.54, 1.807) is 0 Å². The molecule has 116 valence electrons. The van der Waals surface area contributed by atoms with Gasteiger partial charge in [0.15, 0.2) is 0 Å². The van der Waals surface area contributed by atoms with Crippen LogP contribution in [0.5, 0.6) is 0 Å². The molecule has 0 atom stereocenters. The molecule has 9 heteroatoms. The lowest BCUT2D eigenvalue weighted by molar-refractivity contribution is -0.141. The zero-order valence-electron chi connectivity index (χ0n) is 11.7. The number of carbonyl (C=O) groups excluding carboxylic acids is 4. The predicted molar refractivity (Wildman–Crippen MR) is 72.1 cm³/mol. The predicted octanol–water partition coefficient (Wildman–Crippen LogP) is 0.254. The molecule has 0 aliphatic rings. The number of halogens is 1. The van der Waals surface area contributed by atoms with E-state index in [1.807, 2.05) is 0 Å². The molecule has 0 aromatic carbocycles. The molecule has 21 heavy (non-hydrogen) atoms. The summed E-state index contributed by atoms with van der Waals surface area (Å²) in [5, 5.41) is 0. The number of rotatable bonds is 5. The molecule has 0 saturated heterocycles. The van der Waals surface area contributed by atoms with Gasteiger partial charge in [-0.3, -0.25) is 0 Å². The molecule has 0 heterocycles. The van der Waals surface area contributed by atoms with Crippen molar-refractivity contribution in [1.82, 2.24) is 0 Å². The highest BCUT2D eigenvalue weighted by molar-refractivity contribution is 9.12. The van der Waals surface area contributed by atoms with Crippen LogP contribution >= 0.6 is 15.9 Å². The lowest BCUT2D eigenvalue weighted by atomic mass is 10.1. The quantitative estimate of drug-likeness (QED) is 0.296. The number of carbonyl (C=O) groups is 4. The highest BCUT2D eigenvalue weighted by atomic mass is 79.9. The number of hydrogen-bond acceptors (Lipinski definition) is 8. The van der Waals surface area contributed by atoms with E-state index >= 15 is 0 Å². The largest absolute Gasteiger partial charge is 0.466 e. The van der Waals surface area contributed by atoms with Gasteiger partial charge < -0.3 is 18.9 Å². The molecule has 0 radical (unpaired) electrons. The highest BCUT2D eigenvalue weighted by Crippen LogP contribution is 2.23. The Morgan fingerprint density at radius 1 is 0.762 bits per heavy atom. The van der Waals surface area contributed by atoms with Crippen LogP contribution in [0.25, 0.3) is 0 Å². The maximum absolute atomic E-state index is 11.8. The van der Waals surface area contributed by atoms with Crippen molar-refractivity contribution in [2.24, 2.45) is 0 Å². The van der Waals surface area contributed by atoms with Crippen LogP contribution in [0.2, 0.25) is 0 Å². The van der Waals surface area contributed by atoms with Crippen molar-refractivity contribution in [3.8, 4) is 0 Å². The summed E-state index contributed by atoms with van der Waals surface area (Å²) in [5.74, 6) is -3.97. The Hall–Kier alpha value is -2.16. The third-order valence-electron chi connectivity index (χ3n) is 2.11. The molecule has 0 aromatic rings. The van der Waals surface area contributed by atoms with Crippen molar-refractivity contribution >= 4 is 39.8 Å². The second kappa shape index (κ2) is 8.90. The SMILES string of the molecule is COC(=O)/C=C(C(=O)OC)/C(C(=O)OC)=C(\Br)C(=O)OC. The fraction of sp³-hybridized carbons (Fsp3) is 0.333. The Kier molecular flexibility index (Phi) is 7.99. The van der Waals surface area contributed by atoms with Gasteiger partial charge in [-0.2, -0.15) is 0 Å². The summed E-state index contributed by atoms with van der Waals surface area (Å²) < 4.78 is 17.4. The Bertz CT molecular complexity index is 517. The van der Waals surface area contributed by atoms with E-state index < -0.39 is 39.5 Å². The molecule has 0 rings (SSSR count). The number of esters is 4. The summed E-state index contributed by atoms with van der Waals surface area (Å²) >= 11 is 2.82. The third kappa shape index (κ3) is 5.03. The van der Waals surface area contributed by atoms with Crippen LogP contribution in [-0.4, -0.2) is 52.3 Å². The van der Waals surface area contributed by atoms with Crippen LogP contribution in [0.4, 0.5) is 0 Å². The molecule has 0 spiro atoms. The molecule has 0 aliphatic carbocycles. The molecular formula is C12H13BrO8. The molecule has 0 bridgehead atoms. The summed E-state index contributed by atoms with van der Waals surface area (Å²) in [6.45, 7) is 0. The van der Waals surface area contributed by atoms with Crippen molar-refractivity contribution in [3.63, 3.8) is 0 Å². The van der Waals surface area contributed by atoms with Crippen molar-refractivity contribution < 1.29 is 38.1 Å². The average Bonchev–Trinajstić information content (AvgIpc) is 2.51. The smallest absolute Gasteiger partial charge is 0.345 e. The van der Waals surface area contributed by atoms with Crippen LogP contribution in [0, 0.1) is 0 Å². The molecular weight excluding hydrogens is 352 g/mol. The van der Waals surface area contributed by atoms with Crippen LogP contribution in [0.1, 0.15) is 0 Å². The monoisotopic (exact) mass is 364 g/mol. The van der Waals surface area contributed by atoms with E-state index in [1.165, 1.54) is 0 Å². The topological polar surface area (TPSA) is 105 Å². The number of ether oxygens (including phenoxy) is 4. The second-order valence-electron chi connectivity index (χ2n) is 3.24. The summed E-state index contributed by atoms with van der Waals surface area (Å²) in [4.78, 5) is 46.3. The first-order chi connectivity index (χ1) is 9.83. The maximum Gasteiger partial charge on any atom is 0.345 e. The van der Waals surface area contributed by atoms with E-state index in [2.05, 4.69) is 34.9 Å². The molecule has 0 aliphatic heterocycles. The molecule has 8 nitrogen and oxygen atoms in total. The Balaban J connectivity index is 6.25. The lowest BCUT2D eigenvalue weighted by Crippen LogP contribution is -2.20. The molecule has 0 N–H and O–H groups in total. The highest BCUT2D eigenvalue weighted by Gasteiger charge is 2.29. The van der Waals surface area contributed by atoms with Crippen LogP contribution in [0.15, 0.2) is 21.7 Å². The zero-order chi connectivity index (χ0) is 16.6. The summed E-state index contributed by atoms with van der Waals surface area (Å²) in [7, 11) is 4.21. The summed E-state index contributed by atoms with van der Waals surface area (Å²) in [6.07, 6.45) is 0.697. The van der Waals surface area contributed by atoms with Gasteiger partial charge in [0.25, 0.3) is 0 Å². The molecule has 0 fully saturated rings. The van der Waals surface area contributed by atoms with Gasteiger partial charge in [-0.15, -0.1) is 0 Å². The molecule has 0 aromatic heterocycles. The minimum atomic E-state index is -1.05. The van der Waals surface area contributed by atoms with Gasteiger partial charge in [-0.25, -0.2) is 19.2 Å². The third-order valence-corrected chi connectivity index (χ3v) is 2.83. The Morgan fingerprint density at radius 3 is 1.62 bits per heavy atom. The van der Waals surface area contributed by atoms with E-state index in [9.17, 15) is 19.2 Å². The second-order valence-corrected chi connectivity index (χ2v) is 4.04. The number of hydrogen-bond donors (Lipinski definition) is 0. The van der Waals surface area contributed by atoms with Gasteiger partial charge in [0.1, 0.15) is 4.48 Å². The first-order valence-corrected chi connectivity index (χ1v) is 6.08. The molecule has 0 saturated carbocycles. The number of methoxy groups -OCH3 is 4. The van der Waals surface area contributed by atoms with Crippen LogP contribution in [0.3, 0.4) is 0 Å². The average molecular weight is 365 g/mol. The first-order valence-electron chi connectivity index (χ1n) is 5.28. The lowest BCUT2D eigenvalue weighted by Gasteiger charge is -2.10. The summed E-state index contributed by atoms with van der Waals surface area (Å²) in [6, 6.07) is 0. The van der Waals surface area contributed by atoms with Gasteiger partial charge in [-0.05, 0) is 15.9 Å². The minimum Gasteiger partial charge on any atom is -0.466 e. The van der Waals surface area contributed by atoms with Crippen LogP contribution < -0.4 is 0 Å². The van der Waals surface area contributed by atoms with Gasteiger partial charge in [0.05, 0.1) is 39.6 Å². The Labute approximate surface area is 128 Å². The van der Waals surface area contributed by atoms with Gasteiger partial charge in [-0.1, -0.05) is 0 Å². The van der Waals surface area contributed by atoms with Gasteiger partial charge in [0.2, 0.25) is 0 Å². The standard InChI is InChI=1S/C12H13BrO8/c1-18-7(14)5-6(10(15)19-2)8(11(16)20-3)9(13)12(17)21-4/h5H,1-4H3/b6-5-,9-8+. The summed E-state index contributed by atoms with van der Waals surface area (Å²) in [5.41, 5.74) is -1.05. The Morgan fingerprint density at radius 2 is 1.24 bits per heavy atom. The maximum atomic E-state index is 11.8. The zero-order valence-corrected chi connectivity index (χ0v) is 13.3. The van der Waals surface area contributed by atoms with Gasteiger partial charge in [0, 0.05) is 6.08 Å². The van der Waals surface area contributed by atoms with Crippen LogP contribution in [-0.2, 0) is 38.1 Å². The first kappa shape index (κ1) is 18.8. The fourth-order valence-electron chi connectivity index (χ4n) is 1.13. The normalized spacial score (nSPS) is 12.0. The van der Waals surface area contributed by atoms with E-state index in [4.69, 9.17) is 0 Å². The van der Waals surface area contributed by atoms with Crippen molar-refractivity contribution in [1.29, 1.82) is 0 Å². The van der Waals surface area contributed by atoms with Crippen molar-refractivity contribution in [3.05, 3.63) is 21.7 Å². The van der Waals surface area contributed by atoms with E-state index in [-0.39, 0.29) is 0 Å². The van der Waals surface area contributed by atoms with E-state index in [0.717, 1.165) is 28.4 Å². The molecule has 0 unspecified atom stereocenters. The van der Waals surface area contributed by atoms with E-state index in [0.29, 0.717) is 6.08 Å². The molecule has 0 amide bonds. The van der Waals surface area contributed by atoms with Gasteiger partial charge >= 0.3 is 23.9 Å².